The number of halogens is 1. The average molecular weight is 679 g/mol. The fourth-order valence-electron chi connectivity index (χ4n) is 6.92. The maximum Gasteiger partial charge on any atom is 0.313 e. The molecule has 11 heteroatoms. The number of ether oxygens (including phenoxy) is 2. The molecule has 6 rings (SSSR count). The number of aliphatic hydroxyl groups excluding tert-OH is 1. The minimum Gasteiger partial charge on any atom is -0.455 e. The van der Waals surface area contributed by atoms with Crippen LogP contribution in [0.15, 0.2) is 83.4 Å². The quantitative estimate of drug-likeness (QED) is 0.368. The second kappa shape index (κ2) is 12.9. The van der Waals surface area contributed by atoms with Crippen LogP contribution in [0.2, 0.25) is 0 Å². The molecule has 2 fully saturated rings. The summed E-state index contributed by atoms with van der Waals surface area (Å²) in [5, 5.41) is 13.1. The zero-order chi connectivity index (χ0) is 31.7. The maximum atomic E-state index is 14.7. The van der Waals surface area contributed by atoms with Crippen LogP contribution in [0.5, 0.6) is 0 Å². The highest BCUT2D eigenvalue weighted by atomic mass is 79.9. The largest absolute Gasteiger partial charge is 0.455 e. The number of esters is 1. The Bertz CT molecular complexity index is 1520. The molecule has 7 atom stereocenters. The van der Waals surface area contributed by atoms with Crippen LogP contribution in [0, 0.1) is 11.8 Å². The normalized spacial score (nSPS) is 31.7. The molecule has 45 heavy (non-hydrogen) atoms. The molecule has 2 aromatic rings. The predicted molar refractivity (Wildman–Crippen MR) is 167 cm³/mol. The fourth-order valence-corrected chi connectivity index (χ4v) is 7.66. The number of allylic oxidation sites excluding steroid dienone is 1. The molecule has 4 aliphatic rings. The number of carbonyl (C=O) groups excluding carboxylic acids is 4. The number of nitrogens with zero attached hydrogens (tertiary/aromatic N) is 2. The Hall–Kier alpha value is -3.80. The Morgan fingerprint density at radius 1 is 1.02 bits per heavy atom. The van der Waals surface area contributed by atoms with Crippen LogP contribution in [0.4, 0.5) is 0 Å². The molecule has 1 spiro atoms. The van der Waals surface area contributed by atoms with Gasteiger partial charge >= 0.3 is 5.97 Å². The van der Waals surface area contributed by atoms with Gasteiger partial charge in [-0.1, -0.05) is 88.7 Å². The third-order valence-electron chi connectivity index (χ3n) is 9.08. The van der Waals surface area contributed by atoms with Crippen LogP contribution in [-0.4, -0.2) is 82.1 Å². The topological polar surface area (TPSA) is 125 Å². The number of nitrogens with one attached hydrogen (secondary N) is 1. The first-order valence-corrected chi connectivity index (χ1v) is 16.0. The standard InChI is InChI=1S/C34H36BrN3O7/c1-21(20-39)38-30-32(42)37(19-22-11-5-2-6-12-22)16-10-4-9-15-26(40)36-18-25(23-13-7-3-8-14-23)44-33(43)27-28(31(38)41)34(30)17-24(35)29(27)45-34/h2-8,10-14,17,21,25,27-30,39H,9,15-16,18-20H2,1H3,(H,36,40)/b10-4-/t21-,25+,27+,28-,29+,30+,34-/m1/s1. The molecule has 0 unspecified atom stereocenters. The summed E-state index contributed by atoms with van der Waals surface area (Å²) in [4.78, 5) is 58.9. The van der Waals surface area contributed by atoms with Crippen molar-refractivity contribution in [3.05, 3.63) is 94.5 Å². The summed E-state index contributed by atoms with van der Waals surface area (Å²) in [7, 11) is 0. The van der Waals surface area contributed by atoms with Gasteiger partial charge in [0.15, 0.2) is 0 Å². The van der Waals surface area contributed by atoms with Crippen molar-refractivity contribution in [3.8, 4) is 0 Å². The van der Waals surface area contributed by atoms with E-state index >= 15 is 0 Å². The molecule has 10 nitrogen and oxygen atoms in total. The monoisotopic (exact) mass is 677 g/mol. The van der Waals surface area contributed by atoms with E-state index in [-0.39, 0.29) is 44.5 Å². The Morgan fingerprint density at radius 2 is 1.73 bits per heavy atom. The molecule has 0 aliphatic carbocycles. The highest BCUT2D eigenvalue weighted by molar-refractivity contribution is 9.11. The summed E-state index contributed by atoms with van der Waals surface area (Å²) in [5.74, 6) is -3.77. The van der Waals surface area contributed by atoms with Gasteiger partial charge in [-0.15, -0.1) is 0 Å². The maximum absolute atomic E-state index is 14.7. The molecule has 0 saturated carbocycles. The molecule has 3 amide bonds. The minimum absolute atomic E-state index is 0.0525. The van der Waals surface area contributed by atoms with E-state index in [1.54, 1.807) is 17.9 Å². The summed E-state index contributed by atoms with van der Waals surface area (Å²) in [6, 6.07) is 16.8. The van der Waals surface area contributed by atoms with E-state index in [1.807, 2.05) is 72.8 Å². The lowest BCUT2D eigenvalue weighted by Gasteiger charge is -2.37. The molecule has 236 valence electrons. The summed E-state index contributed by atoms with van der Waals surface area (Å²) in [5.41, 5.74) is 0.134. The molecule has 5 bridgehead atoms. The lowest BCUT2D eigenvalue weighted by atomic mass is 9.74. The van der Waals surface area contributed by atoms with E-state index in [1.165, 1.54) is 4.90 Å². The van der Waals surface area contributed by atoms with Gasteiger partial charge in [0.05, 0.1) is 25.1 Å². The number of rotatable bonds is 5. The Morgan fingerprint density at radius 3 is 2.44 bits per heavy atom. The van der Waals surface area contributed by atoms with E-state index in [0.717, 1.165) is 5.56 Å². The highest BCUT2D eigenvalue weighted by Crippen LogP contribution is 2.59. The van der Waals surface area contributed by atoms with Crippen molar-refractivity contribution < 1.29 is 33.8 Å². The van der Waals surface area contributed by atoms with Crippen molar-refractivity contribution in [2.75, 3.05) is 19.7 Å². The van der Waals surface area contributed by atoms with E-state index in [4.69, 9.17) is 9.47 Å². The zero-order valence-corrected chi connectivity index (χ0v) is 26.5. The molecule has 4 aliphatic heterocycles. The van der Waals surface area contributed by atoms with Gasteiger partial charge in [0.2, 0.25) is 17.7 Å². The van der Waals surface area contributed by atoms with Crippen molar-refractivity contribution in [1.29, 1.82) is 0 Å². The van der Waals surface area contributed by atoms with Gasteiger partial charge in [-0.05, 0) is 30.5 Å². The van der Waals surface area contributed by atoms with Gasteiger partial charge in [0, 0.05) is 24.0 Å². The van der Waals surface area contributed by atoms with E-state index < -0.39 is 53.6 Å². The Kier molecular flexibility index (Phi) is 8.94. The highest BCUT2D eigenvalue weighted by Gasteiger charge is 2.75. The number of fused-ring (bicyclic) bond motifs is 2. The number of amides is 3. The van der Waals surface area contributed by atoms with Crippen LogP contribution in [0.3, 0.4) is 0 Å². The van der Waals surface area contributed by atoms with Gasteiger partial charge in [0.25, 0.3) is 0 Å². The Labute approximate surface area is 270 Å². The molecule has 4 heterocycles. The van der Waals surface area contributed by atoms with Crippen molar-refractivity contribution in [2.24, 2.45) is 11.8 Å². The lowest BCUT2D eigenvalue weighted by molar-refractivity contribution is -0.160. The number of hydrogen-bond acceptors (Lipinski definition) is 7. The second-order valence-corrected chi connectivity index (χ2v) is 12.9. The zero-order valence-electron chi connectivity index (χ0n) is 24.9. The van der Waals surface area contributed by atoms with Crippen LogP contribution in [-0.2, 0) is 35.2 Å². The van der Waals surface area contributed by atoms with Crippen molar-refractivity contribution in [1.82, 2.24) is 15.1 Å². The SMILES string of the molecule is C[C@H](CO)N1C(=O)[C@H]2[C@@H]3C(=O)O[C@H](c4ccccc4)CNC(=O)CC/C=C\CN(Cc4ccccc4)C(=O)[C@H]1[C@@]21C=C(Br)[C@@H]3O1. The molecule has 0 radical (unpaired) electrons. The minimum atomic E-state index is -1.45. The van der Waals surface area contributed by atoms with E-state index in [2.05, 4.69) is 21.2 Å². The van der Waals surface area contributed by atoms with Crippen LogP contribution in [0.1, 0.15) is 37.0 Å². The lowest BCUT2D eigenvalue weighted by Crippen LogP contribution is -2.57. The average Bonchev–Trinajstić information content (AvgIpc) is 3.65. The molecule has 2 saturated heterocycles. The number of carbonyl (C=O) groups is 4. The van der Waals surface area contributed by atoms with Crippen molar-refractivity contribution in [3.63, 3.8) is 0 Å². The summed E-state index contributed by atoms with van der Waals surface area (Å²) >= 11 is 3.56. The van der Waals surface area contributed by atoms with Crippen molar-refractivity contribution in [2.45, 2.75) is 56.2 Å². The summed E-state index contributed by atoms with van der Waals surface area (Å²) in [6.45, 7) is 1.83. The number of hydrogen-bond donors (Lipinski definition) is 2. The van der Waals surface area contributed by atoms with Crippen LogP contribution in [0.25, 0.3) is 0 Å². The molecule has 2 N–H and O–H groups in total. The number of aliphatic hydroxyl groups is 1. The van der Waals surface area contributed by atoms with Gasteiger partial charge in [-0.25, -0.2) is 0 Å². The van der Waals surface area contributed by atoms with E-state index in [9.17, 15) is 24.3 Å². The first-order valence-electron chi connectivity index (χ1n) is 15.2. The fraction of sp³-hybridized carbons (Fsp3) is 0.412. The van der Waals surface area contributed by atoms with Gasteiger partial charge < -0.3 is 29.7 Å². The van der Waals surface area contributed by atoms with Crippen molar-refractivity contribution >= 4 is 39.6 Å². The predicted octanol–water partition coefficient (Wildman–Crippen LogP) is 3.02. The summed E-state index contributed by atoms with van der Waals surface area (Å²) < 4.78 is 13.2. The Balaban J connectivity index is 1.43. The number of benzene rings is 2. The second-order valence-electron chi connectivity index (χ2n) is 12.0. The molecular weight excluding hydrogens is 642 g/mol. The molecule has 0 aromatic heterocycles. The third-order valence-corrected chi connectivity index (χ3v) is 9.76. The molecular formula is C34H36BrN3O7. The smallest absolute Gasteiger partial charge is 0.313 e. The van der Waals surface area contributed by atoms with E-state index in [0.29, 0.717) is 16.5 Å². The van der Waals surface area contributed by atoms with Gasteiger partial charge in [-0.3, -0.25) is 19.2 Å². The summed E-state index contributed by atoms with van der Waals surface area (Å²) in [6.07, 6.45) is 4.47. The third kappa shape index (κ3) is 5.73. The number of cyclic esters (lactones) is 1. The van der Waals surface area contributed by atoms with Crippen LogP contribution >= 0.6 is 15.9 Å². The first kappa shape index (κ1) is 31.2. The first-order chi connectivity index (χ1) is 21.7. The van der Waals surface area contributed by atoms with Gasteiger partial charge in [0.1, 0.15) is 29.8 Å². The molecule has 2 aromatic carbocycles. The number of likely N-dealkylation sites (tertiary alicyclic amines) is 1. The van der Waals surface area contributed by atoms with Gasteiger partial charge in [-0.2, -0.15) is 0 Å². The van der Waals surface area contributed by atoms with Crippen LogP contribution < -0.4 is 5.32 Å².